The van der Waals surface area contributed by atoms with Crippen LogP contribution in [0.4, 0.5) is 0 Å². The molecule has 1 unspecified atom stereocenters. The fourth-order valence-electron chi connectivity index (χ4n) is 3.28. The summed E-state index contributed by atoms with van der Waals surface area (Å²) in [5.74, 6) is 0.212. The quantitative estimate of drug-likeness (QED) is 0.905. The third-order valence-electron chi connectivity index (χ3n) is 4.90. The molecule has 1 saturated heterocycles. The SMILES string of the molecule is CN(C)C1(CN2CNC(c3ccccc3)C2=O)CCC1. The lowest BCUT2D eigenvalue weighted by Gasteiger charge is -2.49. The van der Waals surface area contributed by atoms with Gasteiger partial charge in [-0.15, -0.1) is 0 Å². The van der Waals surface area contributed by atoms with E-state index in [0.717, 1.165) is 12.1 Å². The van der Waals surface area contributed by atoms with Crippen LogP contribution >= 0.6 is 0 Å². The van der Waals surface area contributed by atoms with Gasteiger partial charge in [-0.25, -0.2) is 0 Å². The normalized spacial score (nSPS) is 25.1. The Hall–Kier alpha value is -1.39. The molecule has 0 bridgehead atoms. The summed E-state index contributed by atoms with van der Waals surface area (Å²) >= 11 is 0. The highest BCUT2D eigenvalue weighted by atomic mass is 16.2. The van der Waals surface area contributed by atoms with Crippen molar-refractivity contribution in [2.75, 3.05) is 27.3 Å². The molecule has 1 atom stereocenters. The molecule has 0 radical (unpaired) electrons. The Labute approximate surface area is 120 Å². The highest BCUT2D eigenvalue weighted by molar-refractivity contribution is 5.85. The first kappa shape index (κ1) is 13.6. The predicted octanol–water partition coefficient (Wildman–Crippen LogP) is 1.60. The maximum Gasteiger partial charge on any atom is 0.245 e. The molecule has 1 aliphatic heterocycles. The van der Waals surface area contributed by atoms with E-state index < -0.39 is 0 Å². The molecular formula is C16H23N3O. The van der Waals surface area contributed by atoms with E-state index in [9.17, 15) is 4.79 Å². The summed E-state index contributed by atoms with van der Waals surface area (Å²) in [7, 11) is 4.25. The van der Waals surface area contributed by atoms with Crippen molar-refractivity contribution in [3.8, 4) is 0 Å². The zero-order valence-electron chi connectivity index (χ0n) is 12.3. The molecule has 1 aliphatic carbocycles. The molecule has 1 aromatic carbocycles. The van der Waals surface area contributed by atoms with E-state index in [1.165, 1.54) is 19.3 Å². The molecule has 1 saturated carbocycles. The molecule has 1 heterocycles. The van der Waals surface area contributed by atoms with E-state index in [2.05, 4.69) is 24.3 Å². The fraction of sp³-hybridized carbons (Fsp3) is 0.562. The molecule has 108 valence electrons. The van der Waals surface area contributed by atoms with Gasteiger partial charge in [0.25, 0.3) is 0 Å². The summed E-state index contributed by atoms with van der Waals surface area (Å²) in [5, 5.41) is 3.34. The molecule has 2 aliphatic rings. The van der Waals surface area contributed by atoms with Gasteiger partial charge in [0.05, 0.1) is 6.67 Å². The van der Waals surface area contributed by atoms with Crippen LogP contribution in [0.1, 0.15) is 30.9 Å². The van der Waals surface area contributed by atoms with Gasteiger partial charge in [-0.1, -0.05) is 30.3 Å². The number of rotatable bonds is 4. The highest BCUT2D eigenvalue weighted by Crippen LogP contribution is 2.37. The zero-order valence-corrected chi connectivity index (χ0v) is 12.3. The summed E-state index contributed by atoms with van der Waals surface area (Å²) in [5.41, 5.74) is 1.26. The Morgan fingerprint density at radius 1 is 1.30 bits per heavy atom. The minimum Gasteiger partial charge on any atom is -0.326 e. The molecule has 20 heavy (non-hydrogen) atoms. The number of nitrogens with one attached hydrogen (secondary N) is 1. The number of carbonyl (C=O) groups is 1. The Bertz CT molecular complexity index is 482. The van der Waals surface area contributed by atoms with Crippen LogP contribution in [0.2, 0.25) is 0 Å². The van der Waals surface area contributed by atoms with Gasteiger partial charge >= 0.3 is 0 Å². The first-order valence-corrected chi connectivity index (χ1v) is 7.37. The molecule has 4 nitrogen and oxygen atoms in total. The molecule has 1 aromatic rings. The molecule has 1 N–H and O–H groups in total. The number of amides is 1. The van der Waals surface area contributed by atoms with E-state index in [1.807, 2.05) is 35.2 Å². The first-order chi connectivity index (χ1) is 9.62. The van der Waals surface area contributed by atoms with Crippen LogP contribution in [-0.2, 0) is 4.79 Å². The number of nitrogens with zero attached hydrogens (tertiary/aromatic N) is 2. The number of benzene rings is 1. The van der Waals surface area contributed by atoms with E-state index in [4.69, 9.17) is 0 Å². The Balaban J connectivity index is 1.70. The van der Waals surface area contributed by atoms with Gasteiger partial charge in [-0.05, 0) is 38.9 Å². The molecular weight excluding hydrogens is 250 g/mol. The fourth-order valence-corrected chi connectivity index (χ4v) is 3.28. The first-order valence-electron chi connectivity index (χ1n) is 7.37. The van der Waals surface area contributed by atoms with Gasteiger partial charge in [0.15, 0.2) is 0 Å². The predicted molar refractivity (Wildman–Crippen MR) is 79.2 cm³/mol. The number of carbonyl (C=O) groups excluding carboxylic acids is 1. The summed E-state index contributed by atoms with van der Waals surface area (Å²) in [6.45, 7) is 1.50. The lowest BCUT2D eigenvalue weighted by molar-refractivity contribution is -0.131. The van der Waals surface area contributed by atoms with Gasteiger partial charge in [0, 0.05) is 12.1 Å². The molecule has 0 aromatic heterocycles. The van der Waals surface area contributed by atoms with Gasteiger partial charge in [0.1, 0.15) is 6.04 Å². The standard InChI is InChI=1S/C16H23N3O/c1-18(2)16(9-6-10-16)11-19-12-17-14(15(19)20)13-7-4-3-5-8-13/h3-5,7-8,14,17H,6,9-12H2,1-2H3. The number of hydrogen-bond donors (Lipinski definition) is 1. The summed E-state index contributed by atoms with van der Waals surface area (Å²) in [6, 6.07) is 9.82. The Morgan fingerprint density at radius 3 is 2.55 bits per heavy atom. The Kier molecular flexibility index (Phi) is 3.52. The van der Waals surface area contributed by atoms with E-state index in [1.54, 1.807) is 0 Å². The zero-order chi connectivity index (χ0) is 14.2. The van der Waals surface area contributed by atoms with E-state index >= 15 is 0 Å². The average Bonchev–Trinajstić information content (AvgIpc) is 2.76. The van der Waals surface area contributed by atoms with E-state index in [-0.39, 0.29) is 17.5 Å². The second kappa shape index (κ2) is 5.19. The maximum absolute atomic E-state index is 12.6. The highest BCUT2D eigenvalue weighted by Gasteiger charge is 2.44. The van der Waals surface area contributed by atoms with Crippen LogP contribution < -0.4 is 5.32 Å². The molecule has 2 fully saturated rings. The van der Waals surface area contributed by atoms with Crippen LogP contribution in [0.3, 0.4) is 0 Å². The van der Waals surface area contributed by atoms with Crippen molar-refractivity contribution in [1.82, 2.24) is 15.1 Å². The maximum atomic E-state index is 12.6. The van der Waals surface area contributed by atoms with Crippen molar-refractivity contribution < 1.29 is 4.79 Å². The van der Waals surface area contributed by atoms with Crippen molar-refractivity contribution >= 4 is 5.91 Å². The number of likely N-dealkylation sites (N-methyl/N-ethyl adjacent to an activating group) is 1. The third-order valence-corrected chi connectivity index (χ3v) is 4.90. The third kappa shape index (κ3) is 2.23. The van der Waals surface area contributed by atoms with Crippen LogP contribution in [0.25, 0.3) is 0 Å². The van der Waals surface area contributed by atoms with Crippen molar-refractivity contribution in [1.29, 1.82) is 0 Å². The van der Waals surface area contributed by atoms with Crippen LogP contribution in [-0.4, -0.2) is 48.6 Å². The van der Waals surface area contributed by atoms with Crippen LogP contribution in [0.15, 0.2) is 30.3 Å². The van der Waals surface area contributed by atoms with Gasteiger partial charge < -0.3 is 9.80 Å². The summed E-state index contributed by atoms with van der Waals surface area (Å²) in [4.78, 5) is 16.9. The lowest BCUT2D eigenvalue weighted by Crippen LogP contribution is -2.57. The second-order valence-electron chi connectivity index (χ2n) is 6.21. The average molecular weight is 273 g/mol. The van der Waals surface area contributed by atoms with Gasteiger partial charge in [-0.2, -0.15) is 0 Å². The lowest BCUT2D eigenvalue weighted by atomic mass is 9.75. The molecule has 3 rings (SSSR count). The largest absolute Gasteiger partial charge is 0.326 e. The monoisotopic (exact) mass is 273 g/mol. The summed E-state index contributed by atoms with van der Waals surface area (Å²) in [6.07, 6.45) is 3.66. The van der Waals surface area contributed by atoms with Crippen molar-refractivity contribution in [3.63, 3.8) is 0 Å². The summed E-state index contributed by atoms with van der Waals surface area (Å²) < 4.78 is 0. The van der Waals surface area contributed by atoms with E-state index in [0.29, 0.717) is 6.67 Å². The second-order valence-corrected chi connectivity index (χ2v) is 6.21. The minimum atomic E-state index is -0.171. The number of hydrogen-bond acceptors (Lipinski definition) is 3. The minimum absolute atomic E-state index is 0.171. The molecule has 1 amide bonds. The van der Waals surface area contributed by atoms with Crippen molar-refractivity contribution in [2.24, 2.45) is 0 Å². The van der Waals surface area contributed by atoms with Crippen molar-refractivity contribution in [2.45, 2.75) is 30.8 Å². The van der Waals surface area contributed by atoms with Gasteiger partial charge in [0.2, 0.25) is 5.91 Å². The molecule has 4 heteroatoms. The van der Waals surface area contributed by atoms with Crippen LogP contribution in [0, 0.1) is 0 Å². The Morgan fingerprint density at radius 2 is 2.00 bits per heavy atom. The van der Waals surface area contributed by atoms with Crippen molar-refractivity contribution in [3.05, 3.63) is 35.9 Å². The van der Waals surface area contributed by atoms with Gasteiger partial charge in [-0.3, -0.25) is 10.1 Å². The molecule has 0 spiro atoms. The smallest absolute Gasteiger partial charge is 0.245 e. The van der Waals surface area contributed by atoms with Crippen LogP contribution in [0.5, 0.6) is 0 Å². The topological polar surface area (TPSA) is 35.6 Å².